The molecule has 104 valence electrons. The number of rotatable bonds is 4. The number of nitrogens with two attached hydrogens (primary N) is 1. The number of aryl methyl sites for hydroxylation is 1. The van der Waals surface area contributed by atoms with Crippen molar-refractivity contribution >= 4 is 5.69 Å². The van der Waals surface area contributed by atoms with Gasteiger partial charge in [0.15, 0.2) is 0 Å². The molecule has 0 saturated heterocycles. The fourth-order valence-corrected chi connectivity index (χ4v) is 2.48. The third-order valence-corrected chi connectivity index (χ3v) is 3.75. The summed E-state index contributed by atoms with van der Waals surface area (Å²) in [5, 5.41) is 10.8. The Labute approximate surface area is 112 Å². The third-order valence-electron chi connectivity index (χ3n) is 3.75. The number of hydrogen-bond acceptors (Lipinski definition) is 4. The Bertz CT molecular complexity index is 468. The Kier molecular flexibility index (Phi) is 4.04. The molecule has 0 bridgehead atoms. The highest BCUT2D eigenvalue weighted by Crippen LogP contribution is 2.29. The van der Waals surface area contributed by atoms with Crippen molar-refractivity contribution in [2.24, 2.45) is 5.73 Å². The van der Waals surface area contributed by atoms with Crippen molar-refractivity contribution in [2.75, 3.05) is 6.61 Å². The fourth-order valence-electron chi connectivity index (χ4n) is 2.48. The molecule has 1 aromatic rings. The molecular weight excluding hydrogens is 244 g/mol. The van der Waals surface area contributed by atoms with Crippen molar-refractivity contribution in [3.63, 3.8) is 0 Å². The van der Waals surface area contributed by atoms with Gasteiger partial charge in [0.05, 0.1) is 16.5 Å². The van der Waals surface area contributed by atoms with Crippen LogP contribution in [0.3, 0.4) is 0 Å². The number of ether oxygens (including phenoxy) is 1. The zero-order chi connectivity index (χ0) is 13.9. The number of non-ortho nitro benzene ring substituents is 1. The number of nitro benzene ring substituents is 1. The van der Waals surface area contributed by atoms with Crippen LogP contribution < -0.4 is 10.5 Å². The average molecular weight is 264 g/mol. The second-order valence-electron chi connectivity index (χ2n) is 5.42. The molecular formula is C14H20N2O3. The molecule has 0 unspecified atom stereocenters. The lowest BCUT2D eigenvalue weighted by Gasteiger charge is -2.33. The van der Waals surface area contributed by atoms with Crippen molar-refractivity contribution < 1.29 is 9.66 Å². The van der Waals surface area contributed by atoms with Crippen LogP contribution in [0.2, 0.25) is 0 Å². The van der Waals surface area contributed by atoms with Gasteiger partial charge in [-0.3, -0.25) is 10.1 Å². The Morgan fingerprint density at radius 1 is 1.37 bits per heavy atom. The highest BCUT2D eigenvalue weighted by Gasteiger charge is 2.28. The summed E-state index contributed by atoms with van der Waals surface area (Å²) in [4.78, 5) is 10.3. The number of nitrogens with zero attached hydrogens (tertiary/aromatic N) is 1. The Balaban J connectivity index is 2.06. The molecule has 0 aliphatic heterocycles. The maximum atomic E-state index is 10.8. The molecule has 1 aliphatic rings. The van der Waals surface area contributed by atoms with E-state index in [0.29, 0.717) is 12.4 Å². The molecule has 1 aliphatic carbocycles. The summed E-state index contributed by atoms with van der Waals surface area (Å²) >= 11 is 0. The van der Waals surface area contributed by atoms with Crippen LogP contribution in [0.25, 0.3) is 0 Å². The summed E-state index contributed by atoms with van der Waals surface area (Å²) in [6.07, 6.45) is 5.41. The zero-order valence-corrected chi connectivity index (χ0v) is 11.2. The van der Waals surface area contributed by atoms with Crippen LogP contribution in [-0.2, 0) is 0 Å². The maximum absolute atomic E-state index is 10.8. The van der Waals surface area contributed by atoms with E-state index in [2.05, 4.69) is 0 Å². The molecule has 0 aromatic heterocycles. The quantitative estimate of drug-likeness (QED) is 0.670. The molecule has 19 heavy (non-hydrogen) atoms. The summed E-state index contributed by atoms with van der Waals surface area (Å²) in [6.45, 7) is 2.30. The topological polar surface area (TPSA) is 78.4 Å². The molecule has 1 aromatic carbocycles. The highest BCUT2D eigenvalue weighted by atomic mass is 16.6. The van der Waals surface area contributed by atoms with E-state index in [1.807, 2.05) is 6.92 Å². The van der Waals surface area contributed by atoms with Gasteiger partial charge in [0.1, 0.15) is 12.4 Å². The first-order valence-corrected chi connectivity index (χ1v) is 6.67. The first-order chi connectivity index (χ1) is 9.00. The molecule has 1 fully saturated rings. The van der Waals surface area contributed by atoms with Gasteiger partial charge in [-0.1, -0.05) is 19.3 Å². The summed E-state index contributed by atoms with van der Waals surface area (Å²) in [7, 11) is 0. The first-order valence-electron chi connectivity index (χ1n) is 6.67. The van der Waals surface area contributed by atoms with E-state index in [1.54, 1.807) is 6.07 Å². The lowest BCUT2D eigenvalue weighted by atomic mass is 9.83. The smallest absolute Gasteiger partial charge is 0.273 e. The molecule has 0 atom stereocenters. The summed E-state index contributed by atoms with van der Waals surface area (Å²) in [6, 6.07) is 4.67. The van der Waals surface area contributed by atoms with Crippen LogP contribution in [0.15, 0.2) is 18.2 Å². The molecule has 2 N–H and O–H groups in total. The molecule has 5 nitrogen and oxygen atoms in total. The van der Waals surface area contributed by atoms with Crippen molar-refractivity contribution in [2.45, 2.75) is 44.6 Å². The van der Waals surface area contributed by atoms with Gasteiger partial charge in [-0.2, -0.15) is 0 Å². The fraction of sp³-hybridized carbons (Fsp3) is 0.571. The normalized spacial score (nSPS) is 18.0. The predicted octanol–water partition coefficient (Wildman–Crippen LogP) is 2.94. The van der Waals surface area contributed by atoms with Crippen LogP contribution in [0.1, 0.15) is 37.7 Å². The lowest BCUT2D eigenvalue weighted by molar-refractivity contribution is -0.385. The molecule has 0 spiro atoms. The standard InChI is InChI=1S/C14H20N2O3/c1-11-5-6-12(16(17)18)9-13(11)19-10-14(15)7-3-2-4-8-14/h5-6,9H,2-4,7-8,10,15H2,1H3. The van der Waals surface area contributed by atoms with Crippen LogP contribution in [0.4, 0.5) is 5.69 Å². The SMILES string of the molecule is Cc1ccc([N+](=O)[O-])cc1OCC1(N)CCCCC1. The van der Waals surface area contributed by atoms with Gasteiger partial charge in [-0.25, -0.2) is 0 Å². The van der Waals surface area contributed by atoms with Crippen LogP contribution in [-0.4, -0.2) is 17.1 Å². The molecule has 0 radical (unpaired) electrons. The van der Waals surface area contributed by atoms with Crippen molar-refractivity contribution in [3.05, 3.63) is 33.9 Å². The Morgan fingerprint density at radius 3 is 2.68 bits per heavy atom. The molecule has 1 saturated carbocycles. The Hall–Kier alpha value is -1.62. The summed E-state index contributed by atoms with van der Waals surface area (Å²) in [5.74, 6) is 0.560. The predicted molar refractivity (Wildman–Crippen MR) is 73.3 cm³/mol. The van der Waals surface area contributed by atoms with E-state index >= 15 is 0 Å². The van der Waals surface area contributed by atoms with E-state index < -0.39 is 4.92 Å². The minimum Gasteiger partial charge on any atom is -0.491 e. The minimum atomic E-state index is -0.412. The lowest BCUT2D eigenvalue weighted by Crippen LogP contribution is -2.47. The van der Waals surface area contributed by atoms with E-state index in [1.165, 1.54) is 18.6 Å². The van der Waals surface area contributed by atoms with Crippen LogP contribution in [0, 0.1) is 17.0 Å². The van der Waals surface area contributed by atoms with Gasteiger partial charge in [-0.15, -0.1) is 0 Å². The van der Waals surface area contributed by atoms with E-state index in [-0.39, 0.29) is 11.2 Å². The zero-order valence-electron chi connectivity index (χ0n) is 11.2. The van der Waals surface area contributed by atoms with Crippen LogP contribution in [0.5, 0.6) is 5.75 Å². The monoisotopic (exact) mass is 264 g/mol. The van der Waals surface area contributed by atoms with Gasteiger partial charge in [0.25, 0.3) is 5.69 Å². The van der Waals surface area contributed by atoms with E-state index in [0.717, 1.165) is 31.2 Å². The van der Waals surface area contributed by atoms with Gasteiger partial charge in [0.2, 0.25) is 0 Å². The average Bonchev–Trinajstić information content (AvgIpc) is 2.38. The second kappa shape index (κ2) is 5.57. The third kappa shape index (κ3) is 3.44. The van der Waals surface area contributed by atoms with Gasteiger partial charge >= 0.3 is 0 Å². The first kappa shape index (κ1) is 13.8. The van der Waals surface area contributed by atoms with E-state index in [9.17, 15) is 10.1 Å². The van der Waals surface area contributed by atoms with Gasteiger partial charge in [-0.05, 0) is 31.4 Å². The molecule has 0 amide bonds. The van der Waals surface area contributed by atoms with Gasteiger partial charge < -0.3 is 10.5 Å². The molecule has 2 rings (SSSR count). The molecule has 5 heteroatoms. The minimum absolute atomic E-state index is 0.0512. The number of benzene rings is 1. The van der Waals surface area contributed by atoms with Crippen molar-refractivity contribution in [3.8, 4) is 5.75 Å². The molecule has 0 heterocycles. The van der Waals surface area contributed by atoms with Crippen LogP contribution >= 0.6 is 0 Å². The summed E-state index contributed by atoms with van der Waals surface area (Å²) < 4.78 is 5.74. The maximum Gasteiger partial charge on any atom is 0.273 e. The largest absolute Gasteiger partial charge is 0.491 e. The summed E-state index contributed by atoms with van der Waals surface area (Å²) in [5.41, 5.74) is 6.96. The second-order valence-corrected chi connectivity index (χ2v) is 5.42. The Morgan fingerprint density at radius 2 is 2.05 bits per heavy atom. The van der Waals surface area contributed by atoms with Crippen molar-refractivity contribution in [1.29, 1.82) is 0 Å². The van der Waals surface area contributed by atoms with Crippen molar-refractivity contribution in [1.82, 2.24) is 0 Å². The number of nitro groups is 1. The van der Waals surface area contributed by atoms with E-state index in [4.69, 9.17) is 10.5 Å². The highest BCUT2D eigenvalue weighted by molar-refractivity contribution is 5.43. The number of hydrogen-bond donors (Lipinski definition) is 1. The van der Waals surface area contributed by atoms with Gasteiger partial charge in [0, 0.05) is 6.07 Å².